The first kappa shape index (κ1) is 16.4. The zero-order valence-electron chi connectivity index (χ0n) is 13.7. The number of benzene rings is 1. The Balaban J connectivity index is 2.10. The first-order valence-electron chi connectivity index (χ1n) is 8.80. The molecule has 1 aliphatic rings. The van der Waals surface area contributed by atoms with E-state index < -0.39 is 0 Å². The molecule has 118 valence electrons. The zero-order valence-corrected chi connectivity index (χ0v) is 13.7. The van der Waals surface area contributed by atoms with Gasteiger partial charge in [0.05, 0.1) is 6.61 Å². The fourth-order valence-electron chi connectivity index (χ4n) is 3.45. The summed E-state index contributed by atoms with van der Waals surface area (Å²) in [4.78, 5) is 0. The van der Waals surface area contributed by atoms with Crippen LogP contribution in [0.4, 0.5) is 0 Å². The summed E-state index contributed by atoms with van der Waals surface area (Å²) in [6.45, 7) is 6.12. The largest absolute Gasteiger partial charge is 0.494 e. The Labute approximate surface area is 130 Å². The molecule has 1 fully saturated rings. The minimum atomic E-state index is 0.441. The van der Waals surface area contributed by atoms with E-state index in [1.807, 2.05) is 0 Å². The molecule has 0 radical (unpaired) electrons. The summed E-state index contributed by atoms with van der Waals surface area (Å²) in [5, 5.41) is 3.75. The SMILES string of the molecule is CCCNC(CC1CCCCC1)c1ccccc1OCC. The predicted octanol–water partition coefficient (Wildman–Crippen LogP) is 5.10. The van der Waals surface area contributed by atoms with E-state index in [2.05, 4.69) is 43.4 Å². The molecule has 2 heteroatoms. The van der Waals surface area contributed by atoms with Crippen molar-refractivity contribution < 1.29 is 4.74 Å². The van der Waals surface area contributed by atoms with Crippen LogP contribution in [0.5, 0.6) is 5.75 Å². The molecule has 1 aromatic rings. The standard InChI is InChI=1S/C19H31NO/c1-3-14-20-18(15-16-10-6-5-7-11-16)17-12-8-9-13-19(17)21-4-2/h8-9,12-13,16,18,20H,3-7,10-11,14-15H2,1-2H3. The van der Waals surface area contributed by atoms with Crippen LogP contribution in [-0.4, -0.2) is 13.2 Å². The number of nitrogens with one attached hydrogen (secondary N) is 1. The van der Waals surface area contributed by atoms with Crippen LogP contribution in [0.1, 0.15) is 70.4 Å². The summed E-state index contributed by atoms with van der Waals surface area (Å²) in [5.41, 5.74) is 1.35. The Hall–Kier alpha value is -1.02. The lowest BCUT2D eigenvalue weighted by Crippen LogP contribution is -2.26. The Morgan fingerprint density at radius 1 is 1.14 bits per heavy atom. The molecule has 1 aromatic carbocycles. The highest BCUT2D eigenvalue weighted by Gasteiger charge is 2.22. The Kier molecular flexibility index (Phi) is 7.08. The quantitative estimate of drug-likeness (QED) is 0.719. The maximum Gasteiger partial charge on any atom is 0.124 e. The van der Waals surface area contributed by atoms with E-state index in [1.165, 1.54) is 50.5 Å². The summed E-state index contributed by atoms with van der Waals surface area (Å²) in [5.74, 6) is 1.94. The lowest BCUT2D eigenvalue weighted by molar-refractivity contribution is 0.289. The van der Waals surface area contributed by atoms with Gasteiger partial charge in [0.2, 0.25) is 0 Å². The third-order valence-corrected chi connectivity index (χ3v) is 4.53. The summed E-state index contributed by atoms with van der Waals surface area (Å²) < 4.78 is 5.85. The van der Waals surface area contributed by atoms with Crippen molar-refractivity contribution >= 4 is 0 Å². The third-order valence-electron chi connectivity index (χ3n) is 4.53. The van der Waals surface area contributed by atoms with Gasteiger partial charge in [-0.2, -0.15) is 0 Å². The molecular formula is C19H31NO. The van der Waals surface area contributed by atoms with Crippen LogP contribution in [0.25, 0.3) is 0 Å². The van der Waals surface area contributed by atoms with Crippen molar-refractivity contribution in [3.63, 3.8) is 0 Å². The summed E-state index contributed by atoms with van der Waals surface area (Å²) in [7, 11) is 0. The number of rotatable bonds is 8. The second-order valence-corrected chi connectivity index (χ2v) is 6.22. The van der Waals surface area contributed by atoms with Crippen LogP contribution in [0.3, 0.4) is 0 Å². The molecule has 0 saturated heterocycles. The molecule has 1 N–H and O–H groups in total. The first-order valence-corrected chi connectivity index (χ1v) is 8.80. The topological polar surface area (TPSA) is 21.3 Å². The normalized spacial score (nSPS) is 17.6. The van der Waals surface area contributed by atoms with Gasteiger partial charge in [0.15, 0.2) is 0 Å². The Bertz CT molecular complexity index is 398. The molecule has 1 atom stereocenters. The molecule has 2 rings (SSSR count). The van der Waals surface area contributed by atoms with E-state index >= 15 is 0 Å². The highest BCUT2D eigenvalue weighted by Crippen LogP contribution is 2.35. The van der Waals surface area contributed by atoms with Crippen molar-refractivity contribution in [3.8, 4) is 5.75 Å². The van der Waals surface area contributed by atoms with E-state index in [-0.39, 0.29) is 0 Å². The highest BCUT2D eigenvalue weighted by atomic mass is 16.5. The molecule has 1 unspecified atom stereocenters. The van der Waals surface area contributed by atoms with Gasteiger partial charge in [0, 0.05) is 11.6 Å². The first-order chi connectivity index (χ1) is 10.3. The average Bonchev–Trinajstić information content (AvgIpc) is 2.53. The zero-order chi connectivity index (χ0) is 14.9. The molecule has 1 saturated carbocycles. The highest BCUT2D eigenvalue weighted by molar-refractivity contribution is 5.36. The van der Waals surface area contributed by atoms with Gasteiger partial charge in [-0.25, -0.2) is 0 Å². The van der Waals surface area contributed by atoms with E-state index in [0.717, 1.165) is 24.8 Å². The van der Waals surface area contributed by atoms with E-state index in [0.29, 0.717) is 6.04 Å². The number of hydrogen-bond acceptors (Lipinski definition) is 2. The van der Waals surface area contributed by atoms with Gasteiger partial charge in [0.25, 0.3) is 0 Å². The second kappa shape index (κ2) is 9.09. The maximum atomic E-state index is 5.85. The van der Waals surface area contributed by atoms with Crippen LogP contribution >= 0.6 is 0 Å². The van der Waals surface area contributed by atoms with Gasteiger partial charge in [-0.15, -0.1) is 0 Å². The molecule has 0 amide bonds. The second-order valence-electron chi connectivity index (χ2n) is 6.22. The molecule has 1 aliphatic carbocycles. The van der Waals surface area contributed by atoms with Gasteiger partial charge in [0.1, 0.15) is 5.75 Å². The molecular weight excluding hydrogens is 258 g/mol. The minimum absolute atomic E-state index is 0.441. The molecule has 0 bridgehead atoms. The van der Waals surface area contributed by atoms with E-state index in [4.69, 9.17) is 4.74 Å². The van der Waals surface area contributed by atoms with Crippen LogP contribution in [0, 0.1) is 5.92 Å². The van der Waals surface area contributed by atoms with Crippen molar-refractivity contribution in [1.82, 2.24) is 5.32 Å². The predicted molar refractivity (Wildman–Crippen MR) is 89.8 cm³/mol. The van der Waals surface area contributed by atoms with Gasteiger partial charge < -0.3 is 10.1 Å². The molecule has 21 heavy (non-hydrogen) atoms. The summed E-state index contributed by atoms with van der Waals surface area (Å²) in [6.07, 6.45) is 9.50. The van der Waals surface area contributed by atoms with E-state index in [1.54, 1.807) is 0 Å². The van der Waals surface area contributed by atoms with Crippen molar-refractivity contribution in [3.05, 3.63) is 29.8 Å². The van der Waals surface area contributed by atoms with Crippen LogP contribution in [0.2, 0.25) is 0 Å². The van der Waals surface area contributed by atoms with Crippen molar-refractivity contribution in [2.24, 2.45) is 5.92 Å². The number of hydrogen-bond donors (Lipinski definition) is 1. The fraction of sp³-hybridized carbons (Fsp3) is 0.684. The number of ether oxygens (including phenoxy) is 1. The fourth-order valence-corrected chi connectivity index (χ4v) is 3.45. The minimum Gasteiger partial charge on any atom is -0.494 e. The lowest BCUT2D eigenvalue weighted by atomic mass is 9.83. The molecule has 0 spiro atoms. The van der Waals surface area contributed by atoms with Crippen molar-refractivity contribution in [2.75, 3.05) is 13.2 Å². The van der Waals surface area contributed by atoms with Crippen LogP contribution in [0.15, 0.2) is 24.3 Å². The third kappa shape index (κ3) is 5.03. The van der Waals surface area contributed by atoms with Gasteiger partial charge >= 0.3 is 0 Å². The average molecular weight is 289 g/mol. The van der Waals surface area contributed by atoms with E-state index in [9.17, 15) is 0 Å². The maximum absolute atomic E-state index is 5.85. The van der Waals surface area contributed by atoms with Crippen LogP contribution in [-0.2, 0) is 0 Å². The van der Waals surface area contributed by atoms with Crippen molar-refractivity contribution in [2.45, 2.75) is 64.8 Å². The smallest absolute Gasteiger partial charge is 0.124 e. The lowest BCUT2D eigenvalue weighted by Gasteiger charge is -2.28. The molecule has 0 heterocycles. The molecule has 0 aromatic heterocycles. The van der Waals surface area contributed by atoms with Gasteiger partial charge in [-0.3, -0.25) is 0 Å². The Morgan fingerprint density at radius 2 is 1.90 bits per heavy atom. The number of para-hydroxylation sites is 1. The van der Waals surface area contributed by atoms with Crippen molar-refractivity contribution in [1.29, 1.82) is 0 Å². The monoisotopic (exact) mass is 289 g/mol. The summed E-state index contributed by atoms with van der Waals surface area (Å²) >= 11 is 0. The van der Waals surface area contributed by atoms with Gasteiger partial charge in [-0.1, -0.05) is 57.2 Å². The van der Waals surface area contributed by atoms with Crippen LogP contribution < -0.4 is 10.1 Å². The Morgan fingerprint density at radius 3 is 2.62 bits per heavy atom. The van der Waals surface area contributed by atoms with Gasteiger partial charge in [-0.05, 0) is 38.3 Å². The molecule has 2 nitrogen and oxygen atoms in total. The molecule has 0 aliphatic heterocycles. The summed E-state index contributed by atoms with van der Waals surface area (Å²) in [6, 6.07) is 9.00.